The highest BCUT2D eigenvalue weighted by molar-refractivity contribution is 6.30. The fourth-order valence-electron chi connectivity index (χ4n) is 2.28. The third-order valence-corrected chi connectivity index (χ3v) is 4.29. The molecule has 0 aliphatic carbocycles. The van der Waals surface area contributed by atoms with Gasteiger partial charge in [0.2, 0.25) is 0 Å². The number of esters is 1. The molecule has 0 spiro atoms. The van der Waals surface area contributed by atoms with E-state index in [-0.39, 0.29) is 12.1 Å². The third-order valence-electron chi connectivity index (χ3n) is 4.03. The van der Waals surface area contributed by atoms with Crippen LogP contribution in [0.25, 0.3) is 0 Å². The molecule has 146 valence electrons. The monoisotopic (exact) mass is 390 g/mol. The van der Waals surface area contributed by atoms with Crippen molar-refractivity contribution in [1.82, 2.24) is 0 Å². The molecule has 0 saturated heterocycles. The topological polar surface area (TPSA) is 44.8 Å². The average molecular weight is 391 g/mol. The summed E-state index contributed by atoms with van der Waals surface area (Å²) in [6.45, 7) is 8.35. The molecule has 0 heterocycles. The lowest BCUT2D eigenvalue weighted by Gasteiger charge is -2.23. The van der Waals surface area contributed by atoms with Gasteiger partial charge in [-0.1, -0.05) is 23.7 Å². The SMILES string of the molecule is CC(C)OC(=O)C(C)(C)CCOc1ccc(OCc2ccc(Cl)cc2)cc1. The molecule has 2 rings (SSSR count). The zero-order chi connectivity index (χ0) is 19.9. The second-order valence-corrected chi connectivity index (χ2v) is 7.76. The van der Waals surface area contributed by atoms with Crippen LogP contribution in [0.15, 0.2) is 48.5 Å². The summed E-state index contributed by atoms with van der Waals surface area (Å²) in [5.41, 5.74) is 0.474. The van der Waals surface area contributed by atoms with Crippen LogP contribution in [-0.4, -0.2) is 18.7 Å². The summed E-state index contributed by atoms with van der Waals surface area (Å²) < 4.78 is 16.8. The lowest BCUT2D eigenvalue weighted by molar-refractivity contribution is -0.158. The lowest BCUT2D eigenvalue weighted by Crippen LogP contribution is -2.30. The maximum atomic E-state index is 12.1. The minimum Gasteiger partial charge on any atom is -0.494 e. The molecule has 0 unspecified atom stereocenters. The lowest BCUT2D eigenvalue weighted by atomic mass is 9.90. The van der Waals surface area contributed by atoms with Crippen LogP contribution in [-0.2, 0) is 16.1 Å². The van der Waals surface area contributed by atoms with Gasteiger partial charge in [0.25, 0.3) is 0 Å². The maximum absolute atomic E-state index is 12.1. The summed E-state index contributed by atoms with van der Waals surface area (Å²) in [4.78, 5) is 12.1. The Balaban J connectivity index is 1.78. The van der Waals surface area contributed by atoms with Gasteiger partial charge in [-0.2, -0.15) is 0 Å². The second kappa shape index (κ2) is 9.65. The van der Waals surface area contributed by atoms with Crippen LogP contribution in [0.3, 0.4) is 0 Å². The number of hydrogen-bond acceptors (Lipinski definition) is 4. The molecule has 0 saturated carbocycles. The first-order valence-electron chi connectivity index (χ1n) is 9.07. The maximum Gasteiger partial charge on any atom is 0.311 e. The predicted octanol–water partition coefficient (Wildman–Crippen LogP) is 5.67. The van der Waals surface area contributed by atoms with Crippen molar-refractivity contribution >= 4 is 17.6 Å². The van der Waals surface area contributed by atoms with E-state index in [1.807, 2.05) is 76.2 Å². The molecule has 0 radical (unpaired) electrons. The number of benzene rings is 2. The Hall–Kier alpha value is -2.20. The van der Waals surface area contributed by atoms with Crippen LogP contribution in [0.2, 0.25) is 5.02 Å². The Labute approximate surface area is 166 Å². The average Bonchev–Trinajstić information content (AvgIpc) is 2.61. The molecule has 2 aromatic rings. The van der Waals surface area contributed by atoms with Crippen LogP contribution in [0.4, 0.5) is 0 Å². The molecule has 4 nitrogen and oxygen atoms in total. The summed E-state index contributed by atoms with van der Waals surface area (Å²) in [5, 5.41) is 0.709. The first kappa shape index (κ1) is 21.1. The van der Waals surface area contributed by atoms with E-state index >= 15 is 0 Å². The molecule has 0 amide bonds. The normalized spacial score (nSPS) is 11.3. The van der Waals surface area contributed by atoms with Gasteiger partial charge < -0.3 is 14.2 Å². The molecule has 27 heavy (non-hydrogen) atoms. The van der Waals surface area contributed by atoms with E-state index in [2.05, 4.69) is 0 Å². The first-order valence-corrected chi connectivity index (χ1v) is 9.45. The van der Waals surface area contributed by atoms with Gasteiger partial charge in [-0.05, 0) is 76.1 Å². The Morgan fingerprint density at radius 2 is 1.52 bits per heavy atom. The van der Waals surface area contributed by atoms with Gasteiger partial charge in [0.05, 0.1) is 18.1 Å². The van der Waals surface area contributed by atoms with Crippen LogP contribution in [0, 0.1) is 5.41 Å². The van der Waals surface area contributed by atoms with Gasteiger partial charge in [0, 0.05) is 5.02 Å². The van der Waals surface area contributed by atoms with Crippen molar-refractivity contribution in [1.29, 1.82) is 0 Å². The van der Waals surface area contributed by atoms with Crippen molar-refractivity contribution in [3.63, 3.8) is 0 Å². The summed E-state index contributed by atoms with van der Waals surface area (Å²) in [6.07, 6.45) is 0.464. The van der Waals surface area contributed by atoms with Crippen molar-refractivity contribution in [2.45, 2.75) is 46.8 Å². The molecule has 0 atom stereocenters. The molecular weight excluding hydrogens is 364 g/mol. The predicted molar refractivity (Wildman–Crippen MR) is 107 cm³/mol. The zero-order valence-corrected chi connectivity index (χ0v) is 17.1. The largest absolute Gasteiger partial charge is 0.494 e. The summed E-state index contributed by atoms with van der Waals surface area (Å²) in [7, 11) is 0. The van der Waals surface area contributed by atoms with Crippen LogP contribution < -0.4 is 9.47 Å². The molecular formula is C22H27ClO4. The van der Waals surface area contributed by atoms with Gasteiger partial charge in [-0.3, -0.25) is 4.79 Å². The standard InChI is InChI=1S/C22H27ClO4/c1-16(2)27-21(24)22(3,4)13-14-25-19-9-11-20(12-10-19)26-15-17-5-7-18(23)8-6-17/h5-12,16H,13-15H2,1-4H3. The van der Waals surface area contributed by atoms with Crippen molar-refractivity contribution in [3.8, 4) is 11.5 Å². The van der Waals surface area contributed by atoms with E-state index in [9.17, 15) is 4.79 Å². The molecule has 0 aliphatic rings. The van der Waals surface area contributed by atoms with Crippen molar-refractivity contribution in [2.24, 2.45) is 5.41 Å². The van der Waals surface area contributed by atoms with Gasteiger partial charge in [0.15, 0.2) is 0 Å². The van der Waals surface area contributed by atoms with Crippen molar-refractivity contribution in [2.75, 3.05) is 6.61 Å². The molecule has 0 aromatic heterocycles. The Kier molecular flexibility index (Phi) is 7.55. The number of rotatable bonds is 9. The van der Waals surface area contributed by atoms with Crippen LogP contribution in [0.5, 0.6) is 11.5 Å². The summed E-state index contributed by atoms with van der Waals surface area (Å²) in [5.74, 6) is 1.30. The number of ether oxygens (including phenoxy) is 3. The van der Waals surface area contributed by atoms with E-state index in [1.54, 1.807) is 0 Å². The van der Waals surface area contributed by atoms with E-state index < -0.39 is 5.41 Å². The fourth-order valence-corrected chi connectivity index (χ4v) is 2.41. The van der Waals surface area contributed by atoms with Gasteiger partial charge in [0.1, 0.15) is 18.1 Å². The molecule has 0 N–H and O–H groups in total. The van der Waals surface area contributed by atoms with E-state index in [0.29, 0.717) is 24.7 Å². The van der Waals surface area contributed by atoms with Crippen LogP contribution in [0.1, 0.15) is 39.7 Å². The Morgan fingerprint density at radius 3 is 2.07 bits per heavy atom. The minimum absolute atomic E-state index is 0.113. The molecule has 2 aromatic carbocycles. The Bertz CT molecular complexity index is 721. The summed E-state index contributed by atoms with van der Waals surface area (Å²) in [6, 6.07) is 15.0. The number of carbonyl (C=O) groups is 1. The highest BCUT2D eigenvalue weighted by Gasteiger charge is 2.29. The number of carbonyl (C=O) groups excluding carboxylic acids is 1. The molecule has 0 aliphatic heterocycles. The van der Waals surface area contributed by atoms with E-state index in [4.69, 9.17) is 25.8 Å². The smallest absolute Gasteiger partial charge is 0.311 e. The number of hydrogen-bond donors (Lipinski definition) is 0. The third kappa shape index (κ3) is 7.14. The molecule has 5 heteroatoms. The highest BCUT2D eigenvalue weighted by Crippen LogP contribution is 2.25. The molecule has 0 bridgehead atoms. The zero-order valence-electron chi connectivity index (χ0n) is 16.3. The second-order valence-electron chi connectivity index (χ2n) is 7.32. The van der Waals surface area contributed by atoms with Crippen molar-refractivity contribution in [3.05, 3.63) is 59.1 Å². The highest BCUT2D eigenvalue weighted by atomic mass is 35.5. The van der Waals surface area contributed by atoms with Gasteiger partial charge in [-0.25, -0.2) is 0 Å². The van der Waals surface area contributed by atoms with Crippen LogP contribution >= 0.6 is 11.6 Å². The quantitative estimate of drug-likeness (QED) is 0.518. The minimum atomic E-state index is -0.577. The summed E-state index contributed by atoms with van der Waals surface area (Å²) >= 11 is 5.87. The van der Waals surface area contributed by atoms with Gasteiger partial charge >= 0.3 is 5.97 Å². The fraction of sp³-hybridized carbons (Fsp3) is 0.409. The van der Waals surface area contributed by atoms with E-state index in [1.165, 1.54) is 0 Å². The number of halogens is 1. The molecule has 0 fully saturated rings. The van der Waals surface area contributed by atoms with E-state index in [0.717, 1.165) is 17.1 Å². The Morgan fingerprint density at radius 1 is 0.963 bits per heavy atom. The van der Waals surface area contributed by atoms with Crippen molar-refractivity contribution < 1.29 is 19.0 Å². The first-order chi connectivity index (χ1) is 12.8. The van der Waals surface area contributed by atoms with Gasteiger partial charge in [-0.15, -0.1) is 0 Å².